The zero-order valence-corrected chi connectivity index (χ0v) is 14.3. The first-order chi connectivity index (χ1) is 12.3. The molecule has 2 aromatic rings. The lowest BCUT2D eigenvalue weighted by molar-refractivity contribution is 0.396. The minimum atomic E-state index is 0.569. The van der Waals surface area contributed by atoms with Gasteiger partial charge in [0.05, 0.1) is 12.7 Å². The van der Waals surface area contributed by atoms with E-state index in [4.69, 9.17) is 9.72 Å². The van der Waals surface area contributed by atoms with Crippen molar-refractivity contribution in [2.75, 3.05) is 43.1 Å². The molecule has 1 fully saturated rings. The van der Waals surface area contributed by atoms with Gasteiger partial charge in [-0.2, -0.15) is 10.2 Å². The van der Waals surface area contributed by atoms with Gasteiger partial charge in [0.15, 0.2) is 0 Å². The second kappa shape index (κ2) is 6.55. The molecule has 25 heavy (non-hydrogen) atoms. The van der Waals surface area contributed by atoms with E-state index in [1.807, 2.05) is 6.07 Å². The molecule has 0 spiro atoms. The van der Waals surface area contributed by atoms with Crippen LogP contribution in [0.3, 0.4) is 0 Å². The van der Waals surface area contributed by atoms with Gasteiger partial charge in [0.1, 0.15) is 11.9 Å². The maximum absolute atomic E-state index is 9.51. The predicted octanol–water partition coefficient (Wildman–Crippen LogP) is 1.57. The molecule has 2 aliphatic rings. The number of fused-ring (bicyclic) bond motifs is 1. The average molecular weight is 336 g/mol. The highest BCUT2D eigenvalue weighted by atomic mass is 16.5. The topological polar surface area (TPSA) is 78.2 Å². The second-order valence-electron chi connectivity index (χ2n) is 6.30. The van der Waals surface area contributed by atoms with Crippen LogP contribution in [0.15, 0.2) is 18.3 Å². The Labute approximate surface area is 146 Å². The molecule has 1 aliphatic carbocycles. The molecular weight excluding hydrogens is 316 g/mol. The first-order valence-corrected chi connectivity index (χ1v) is 8.58. The molecule has 7 heteroatoms. The summed E-state index contributed by atoms with van der Waals surface area (Å²) >= 11 is 0. The van der Waals surface area contributed by atoms with E-state index in [1.165, 1.54) is 5.56 Å². The number of hydrogen-bond acceptors (Lipinski definition) is 7. The summed E-state index contributed by atoms with van der Waals surface area (Å²) in [5.74, 6) is 2.08. The van der Waals surface area contributed by atoms with Crippen molar-refractivity contribution in [3.63, 3.8) is 0 Å². The summed E-state index contributed by atoms with van der Waals surface area (Å²) in [6, 6.07) is 6.09. The number of pyridine rings is 1. The third-order valence-electron chi connectivity index (χ3n) is 4.84. The van der Waals surface area contributed by atoms with Crippen molar-refractivity contribution in [2.45, 2.75) is 19.3 Å². The maximum atomic E-state index is 9.51. The third kappa shape index (κ3) is 2.95. The van der Waals surface area contributed by atoms with E-state index in [0.717, 1.165) is 57.0 Å². The van der Waals surface area contributed by atoms with Crippen LogP contribution in [0, 0.1) is 11.3 Å². The van der Waals surface area contributed by atoms with E-state index in [1.54, 1.807) is 19.4 Å². The highest BCUT2D eigenvalue weighted by Gasteiger charge is 2.24. The van der Waals surface area contributed by atoms with Crippen LogP contribution >= 0.6 is 0 Å². The van der Waals surface area contributed by atoms with Crippen LogP contribution < -0.4 is 14.5 Å². The number of methoxy groups -OCH3 is 1. The molecule has 0 unspecified atom stereocenters. The average Bonchev–Trinajstić information content (AvgIpc) is 3.14. The lowest BCUT2D eigenvalue weighted by Gasteiger charge is -2.35. The van der Waals surface area contributed by atoms with Crippen LogP contribution in [-0.4, -0.2) is 48.2 Å². The number of nitrogens with zero attached hydrogens (tertiary/aromatic N) is 6. The Balaban J connectivity index is 1.51. The Morgan fingerprint density at radius 2 is 1.92 bits per heavy atom. The van der Waals surface area contributed by atoms with Crippen LogP contribution in [0.25, 0.3) is 0 Å². The molecule has 0 bridgehead atoms. The Kier molecular flexibility index (Phi) is 4.10. The summed E-state index contributed by atoms with van der Waals surface area (Å²) in [5, 5.41) is 9.51. The van der Waals surface area contributed by atoms with E-state index in [0.29, 0.717) is 17.4 Å². The van der Waals surface area contributed by atoms with E-state index in [-0.39, 0.29) is 0 Å². The van der Waals surface area contributed by atoms with Crippen LogP contribution in [0.1, 0.15) is 23.2 Å². The molecule has 1 saturated heterocycles. The van der Waals surface area contributed by atoms with Crippen LogP contribution in [0.4, 0.5) is 11.8 Å². The molecule has 128 valence electrons. The van der Waals surface area contributed by atoms with Crippen molar-refractivity contribution in [3.05, 3.63) is 35.2 Å². The van der Waals surface area contributed by atoms with E-state index in [9.17, 15) is 5.26 Å². The Bertz CT molecular complexity index is 823. The Morgan fingerprint density at radius 3 is 2.68 bits per heavy atom. The van der Waals surface area contributed by atoms with Crippen LogP contribution in [0.5, 0.6) is 5.88 Å². The fraction of sp³-hybridized carbons (Fsp3) is 0.444. The molecule has 0 atom stereocenters. The predicted molar refractivity (Wildman–Crippen MR) is 94.0 cm³/mol. The molecule has 7 nitrogen and oxygen atoms in total. The van der Waals surface area contributed by atoms with Gasteiger partial charge in [-0.3, -0.25) is 0 Å². The van der Waals surface area contributed by atoms with Crippen molar-refractivity contribution in [2.24, 2.45) is 0 Å². The van der Waals surface area contributed by atoms with Crippen LogP contribution in [0.2, 0.25) is 0 Å². The lowest BCUT2D eigenvalue weighted by Crippen LogP contribution is -2.47. The molecule has 0 aromatic carbocycles. The molecule has 0 N–H and O–H groups in total. The molecule has 3 heterocycles. The smallest absolute Gasteiger partial charge is 0.228 e. The fourth-order valence-corrected chi connectivity index (χ4v) is 3.50. The van der Waals surface area contributed by atoms with Crippen molar-refractivity contribution in [3.8, 4) is 11.9 Å². The SMILES string of the molecule is COc1ccnc(N2CCN(c3nc4c(cc3C#N)CCC4)CC2)n1. The maximum Gasteiger partial charge on any atom is 0.228 e. The van der Waals surface area contributed by atoms with E-state index < -0.39 is 0 Å². The van der Waals surface area contributed by atoms with Gasteiger partial charge in [0.2, 0.25) is 11.8 Å². The van der Waals surface area contributed by atoms with Gasteiger partial charge in [-0.25, -0.2) is 9.97 Å². The summed E-state index contributed by atoms with van der Waals surface area (Å²) in [6.07, 6.45) is 4.91. The van der Waals surface area contributed by atoms with Gasteiger partial charge in [0.25, 0.3) is 0 Å². The zero-order chi connectivity index (χ0) is 17.2. The molecule has 4 rings (SSSR count). The summed E-state index contributed by atoms with van der Waals surface area (Å²) in [4.78, 5) is 17.9. The van der Waals surface area contributed by atoms with Gasteiger partial charge in [-0.05, 0) is 30.9 Å². The highest BCUT2D eigenvalue weighted by molar-refractivity contribution is 5.57. The Hall–Kier alpha value is -2.88. The largest absolute Gasteiger partial charge is 0.481 e. The van der Waals surface area contributed by atoms with Gasteiger partial charge in [-0.1, -0.05) is 0 Å². The van der Waals surface area contributed by atoms with Crippen molar-refractivity contribution in [1.29, 1.82) is 5.26 Å². The second-order valence-corrected chi connectivity index (χ2v) is 6.30. The van der Waals surface area contributed by atoms with Crippen LogP contribution in [-0.2, 0) is 12.8 Å². The number of piperazine rings is 1. The van der Waals surface area contributed by atoms with Gasteiger partial charge < -0.3 is 14.5 Å². The summed E-state index contributed by atoms with van der Waals surface area (Å²) in [7, 11) is 1.60. The first kappa shape index (κ1) is 15.6. The number of aromatic nitrogens is 3. The molecular formula is C18H20N6O. The number of anilines is 2. The zero-order valence-electron chi connectivity index (χ0n) is 14.3. The minimum Gasteiger partial charge on any atom is -0.481 e. The first-order valence-electron chi connectivity index (χ1n) is 8.58. The number of nitriles is 1. The van der Waals surface area contributed by atoms with Crippen molar-refractivity contribution >= 4 is 11.8 Å². The summed E-state index contributed by atoms with van der Waals surface area (Å²) in [5.41, 5.74) is 3.09. The standard InChI is InChI=1S/C18H20N6O/c1-25-16-5-6-20-18(22-16)24-9-7-23(8-10-24)17-14(12-19)11-13-3-2-4-15(13)21-17/h5-6,11H,2-4,7-10H2,1H3. The molecule has 2 aromatic heterocycles. The summed E-state index contributed by atoms with van der Waals surface area (Å²) < 4.78 is 5.17. The van der Waals surface area contributed by atoms with Gasteiger partial charge in [0, 0.05) is 44.1 Å². The van der Waals surface area contributed by atoms with Gasteiger partial charge in [-0.15, -0.1) is 0 Å². The van der Waals surface area contributed by atoms with Crippen molar-refractivity contribution < 1.29 is 4.74 Å². The quantitative estimate of drug-likeness (QED) is 0.842. The monoisotopic (exact) mass is 336 g/mol. The van der Waals surface area contributed by atoms with E-state index >= 15 is 0 Å². The lowest BCUT2D eigenvalue weighted by atomic mass is 10.1. The number of aryl methyl sites for hydroxylation is 2. The molecule has 0 saturated carbocycles. The Morgan fingerprint density at radius 1 is 1.12 bits per heavy atom. The molecule has 1 aliphatic heterocycles. The number of rotatable bonds is 3. The summed E-state index contributed by atoms with van der Waals surface area (Å²) in [6.45, 7) is 3.16. The molecule has 0 amide bonds. The van der Waals surface area contributed by atoms with E-state index in [2.05, 4.69) is 25.8 Å². The number of hydrogen-bond donors (Lipinski definition) is 0. The third-order valence-corrected chi connectivity index (χ3v) is 4.84. The van der Waals surface area contributed by atoms with Gasteiger partial charge >= 0.3 is 0 Å². The number of ether oxygens (including phenoxy) is 1. The van der Waals surface area contributed by atoms with Crippen molar-refractivity contribution in [1.82, 2.24) is 15.0 Å². The minimum absolute atomic E-state index is 0.569. The fourth-order valence-electron chi connectivity index (χ4n) is 3.50. The highest BCUT2D eigenvalue weighted by Crippen LogP contribution is 2.28. The normalized spacial score (nSPS) is 16.5. The molecule has 0 radical (unpaired) electrons.